The van der Waals surface area contributed by atoms with Crippen molar-refractivity contribution >= 4 is 17.5 Å². The Morgan fingerprint density at radius 3 is 2.95 bits per heavy atom. The molecule has 21 heavy (non-hydrogen) atoms. The largest absolute Gasteiger partial charge is 0.476 e. The minimum atomic E-state index is -0.990. The molecule has 5 heteroatoms. The van der Waals surface area contributed by atoms with Crippen LogP contribution in [-0.4, -0.2) is 30.8 Å². The van der Waals surface area contributed by atoms with Crippen LogP contribution < -0.4 is 10.1 Å². The molecular weight excluding hydrogens is 290 g/mol. The lowest BCUT2D eigenvalue weighted by atomic mass is 10.1. The summed E-state index contributed by atoms with van der Waals surface area (Å²) in [7, 11) is 0. The zero-order chi connectivity index (χ0) is 15.5. The van der Waals surface area contributed by atoms with Gasteiger partial charge in [0.1, 0.15) is 5.75 Å². The molecule has 1 aliphatic heterocycles. The number of hydrogen-bond acceptors (Lipinski definition) is 3. The molecule has 1 unspecified atom stereocenters. The summed E-state index contributed by atoms with van der Waals surface area (Å²) in [5.41, 5.74) is 0.0423. The third-order valence-electron chi connectivity index (χ3n) is 3.51. The number of amides is 1. The number of halogens is 1. The molecule has 0 aromatic heterocycles. The van der Waals surface area contributed by atoms with E-state index in [0.29, 0.717) is 17.3 Å². The average Bonchev–Trinajstić information content (AvgIpc) is 2.93. The van der Waals surface area contributed by atoms with E-state index in [4.69, 9.17) is 21.1 Å². The Morgan fingerprint density at radius 1 is 1.52 bits per heavy atom. The van der Waals surface area contributed by atoms with Gasteiger partial charge in [-0.05, 0) is 51.3 Å². The molecule has 0 saturated carbocycles. The molecule has 1 N–H and O–H groups in total. The zero-order valence-corrected chi connectivity index (χ0v) is 13.5. The van der Waals surface area contributed by atoms with E-state index < -0.39 is 5.60 Å². The molecule has 0 aliphatic carbocycles. The first-order valence-electron chi connectivity index (χ1n) is 7.23. The number of carbonyl (C=O) groups excluding carboxylic acids is 1. The standard InChI is InChI=1S/C16H22ClNO3/c1-11-6-7-13(17)14(9-11)21-16(2,3)15(19)18-10-12-5-4-8-20-12/h6-7,9,12H,4-5,8,10H2,1-3H3,(H,18,19). The number of rotatable bonds is 5. The van der Waals surface area contributed by atoms with Crippen molar-refractivity contribution in [3.05, 3.63) is 28.8 Å². The van der Waals surface area contributed by atoms with Gasteiger partial charge in [-0.25, -0.2) is 0 Å². The monoisotopic (exact) mass is 311 g/mol. The highest BCUT2D eigenvalue weighted by atomic mass is 35.5. The van der Waals surface area contributed by atoms with E-state index in [9.17, 15) is 4.79 Å². The Hall–Kier alpha value is -1.26. The van der Waals surface area contributed by atoms with Gasteiger partial charge in [0.05, 0.1) is 11.1 Å². The Kier molecular flexibility index (Phi) is 5.12. The molecule has 1 aliphatic rings. The van der Waals surface area contributed by atoms with Crippen LogP contribution in [0.1, 0.15) is 32.3 Å². The first-order chi connectivity index (χ1) is 9.88. The number of hydrogen-bond donors (Lipinski definition) is 1. The maximum atomic E-state index is 12.3. The first-order valence-corrected chi connectivity index (χ1v) is 7.61. The predicted octanol–water partition coefficient (Wildman–Crippen LogP) is 3.10. The van der Waals surface area contributed by atoms with Gasteiger partial charge in [-0.1, -0.05) is 17.7 Å². The van der Waals surface area contributed by atoms with Gasteiger partial charge < -0.3 is 14.8 Å². The summed E-state index contributed by atoms with van der Waals surface area (Å²) in [6.07, 6.45) is 2.16. The lowest BCUT2D eigenvalue weighted by Crippen LogP contribution is -2.48. The van der Waals surface area contributed by atoms with Gasteiger partial charge in [0, 0.05) is 13.2 Å². The van der Waals surface area contributed by atoms with Crippen molar-refractivity contribution in [3.63, 3.8) is 0 Å². The molecule has 1 saturated heterocycles. The van der Waals surface area contributed by atoms with Crippen LogP contribution in [0.4, 0.5) is 0 Å². The van der Waals surface area contributed by atoms with Crippen molar-refractivity contribution in [3.8, 4) is 5.75 Å². The van der Waals surface area contributed by atoms with Gasteiger partial charge in [0.15, 0.2) is 5.60 Å². The van der Waals surface area contributed by atoms with Crippen molar-refractivity contribution in [1.29, 1.82) is 0 Å². The molecule has 1 aromatic rings. The molecule has 0 bridgehead atoms. The fourth-order valence-electron chi connectivity index (χ4n) is 2.23. The fourth-order valence-corrected chi connectivity index (χ4v) is 2.39. The molecule has 2 rings (SSSR count). The molecule has 1 amide bonds. The molecule has 0 radical (unpaired) electrons. The molecule has 1 atom stereocenters. The Morgan fingerprint density at radius 2 is 2.29 bits per heavy atom. The van der Waals surface area contributed by atoms with Crippen molar-refractivity contribution in [2.75, 3.05) is 13.2 Å². The number of carbonyl (C=O) groups is 1. The summed E-state index contributed by atoms with van der Waals surface area (Å²) in [6.45, 7) is 6.72. The lowest BCUT2D eigenvalue weighted by Gasteiger charge is -2.26. The highest BCUT2D eigenvalue weighted by Crippen LogP contribution is 2.29. The Bertz CT molecular complexity index is 510. The number of benzene rings is 1. The van der Waals surface area contributed by atoms with Gasteiger partial charge in [0.25, 0.3) is 5.91 Å². The van der Waals surface area contributed by atoms with E-state index in [1.54, 1.807) is 19.9 Å². The maximum Gasteiger partial charge on any atom is 0.263 e. The third-order valence-corrected chi connectivity index (χ3v) is 3.83. The molecule has 1 heterocycles. The van der Waals surface area contributed by atoms with Crippen molar-refractivity contribution in [1.82, 2.24) is 5.32 Å². The van der Waals surface area contributed by atoms with E-state index in [1.165, 1.54) is 0 Å². The van der Waals surface area contributed by atoms with E-state index >= 15 is 0 Å². The van der Waals surface area contributed by atoms with Gasteiger partial charge in [-0.2, -0.15) is 0 Å². The van der Waals surface area contributed by atoms with E-state index in [0.717, 1.165) is 25.0 Å². The third kappa shape index (κ3) is 4.35. The van der Waals surface area contributed by atoms with E-state index in [-0.39, 0.29) is 12.0 Å². The van der Waals surface area contributed by atoms with Gasteiger partial charge in [-0.15, -0.1) is 0 Å². The SMILES string of the molecule is Cc1ccc(Cl)c(OC(C)(C)C(=O)NCC2CCCO2)c1. The van der Waals surface area contributed by atoms with Gasteiger partial charge in [-0.3, -0.25) is 4.79 Å². The Balaban J connectivity index is 1.96. The molecule has 116 valence electrons. The second-order valence-corrected chi connectivity index (χ2v) is 6.30. The number of ether oxygens (including phenoxy) is 2. The summed E-state index contributed by atoms with van der Waals surface area (Å²) in [5.74, 6) is 0.351. The first kappa shape index (κ1) is 16.1. The molecular formula is C16H22ClNO3. The summed E-state index contributed by atoms with van der Waals surface area (Å²) < 4.78 is 11.3. The van der Waals surface area contributed by atoms with Crippen LogP contribution in [0, 0.1) is 6.92 Å². The minimum Gasteiger partial charge on any atom is -0.476 e. The summed E-state index contributed by atoms with van der Waals surface area (Å²) in [4.78, 5) is 12.3. The summed E-state index contributed by atoms with van der Waals surface area (Å²) >= 11 is 6.11. The van der Waals surface area contributed by atoms with Gasteiger partial charge in [0.2, 0.25) is 0 Å². The smallest absolute Gasteiger partial charge is 0.263 e. The molecule has 4 nitrogen and oxygen atoms in total. The quantitative estimate of drug-likeness (QED) is 0.909. The van der Waals surface area contributed by atoms with E-state index in [1.807, 2.05) is 19.1 Å². The normalized spacial score (nSPS) is 18.6. The van der Waals surface area contributed by atoms with Crippen LogP contribution in [0.3, 0.4) is 0 Å². The van der Waals surface area contributed by atoms with Crippen LogP contribution in [0.2, 0.25) is 5.02 Å². The van der Waals surface area contributed by atoms with Crippen molar-refractivity contribution < 1.29 is 14.3 Å². The van der Waals surface area contributed by atoms with Gasteiger partial charge >= 0.3 is 0 Å². The van der Waals surface area contributed by atoms with Crippen LogP contribution >= 0.6 is 11.6 Å². The van der Waals surface area contributed by atoms with Crippen molar-refractivity contribution in [2.24, 2.45) is 0 Å². The van der Waals surface area contributed by atoms with Crippen LogP contribution in [-0.2, 0) is 9.53 Å². The van der Waals surface area contributed by atoms with Crippen LogP contribution in [0.15, 0.2) is 18.2 Å². The Labute approximate surface area is 130 Å². The minimum absolute atomic E-state index is 0.118. The highest BCUT2D eigenvalue weighted by Gasteiger charge is 2.31. The fraction of sp³-hybridized carbons (Fsp3) is 0.562. The average molecular weight is 312 g/mol. The molecule has 1 fully saturated rings. The lowest BCUT2D eigenvalue weighted by molar-refractivity contribution is -0.134. The molecule has 0 spiro atoms. The van der Waals surface area contributed by atoms with Crippen LogP contribution in [0.5, 0.6) is 5.75 Å². The predicted molar refractivity (Wildman–Crippen MR) is 82.9 cm³/mol. The van der Waals surface area contributed by atoms with Crippen molar-refractivity contribution in [2.45, 2.75) is 45.3 Å². The summed E-state index contributed by atoms with van der Waals surface area (Å²) in [5, 5.41) is 3.39. The number of nitrogens with one attached hydrogen (secondary N) is 1. The maximum absolute atomic E-state index is 12.3. The van der Waals surface area contributed by atoms with E-state index in [2.05, 4.69) is 5.32 Å². The second-order valence-electron chi connectivity index (χ2n) is 5.89. The zero-order valence-electron chi connectivity index (χ0n) is 12.7. The summed E-state index contributed by atoms with van der Waals surface area (Å²) in [6, 6.07) is 5.50. The topological polar surface area (TPSA) is 47.6 Å². The molecule has 1 aromatic carbocycles. The number of aryl methyl sites for hydroxylation is 1. The van der Waals surface area contributed by atoms with Crippen LogP contribution in [0.25, 0.3) is 0 Å². The highest BCUT2D eigenvalue weighted by molar-refractivity contribution is 6.32. The second kappa shape index (κ2) is 6.67.